The molecular weight excluding hydrogens is 341 g/mol. The third kappa shape index (κ3) is 2.18. The van der Waals surface area contributed by atoms with Crippen molar-refractivity contribution in [3.05, 3.63) is 35.4 Å². The first-order valence-electron chi connectivity index (χ1n) is 8.60. The van der Waals surface area contributed by atoms with E-state index >= 15 is 0 Å². The summed E-state index contributed by atoms with van der Waals surface area (Å²) in [5.41, 5.74) is 2.60. The average Bonchev–Trinajstić information content (AvgIpc) is 2.96. The minimum absolute atomic E-state index is 0.0806. The molecule has 2 bridgehead atoms. The highest BCUT2D eigenvalue weighted by atomic mass is 31.1. The Balaban J connectivity index is 0.000000490. The zero-order valence-corrected chi connectivity index (χ0v) is 15.5. The molecule has 4 aliphatic rings. The lowest BCUT2D eigenvalue weighted by Gasteiger charge is -2.56. The summed E-state index contributed by atoms with van der Waals surface area (Å²) in [6.07, 6.45) is 5.54. The van der Waals surface area contributed by atoms with Gasteiger partial charge in [0.2, 0.25) is 0 Å². The molecule has 0 saturated carbocycles. The summed E-state index contributed by atoms with van der Waals surface area (Å²) in [5, 5.41) is 10.6. The van der Waals surface area contributed by atoms with Gasteiger partial charge in [-0.3, -0.25) is 4.57 Å². The van der Waals surface area contributed by atoms with Crippen molar-refractivity contribution in [2.45, 2.75) is 36.5 Å². The maximum absolute atomic E-state index is 10.6. The van der Waals surface area contributed by atoms with Gasteiger partial charge in [0.1, 0.15) is 12.2 Å². The molecule has 0 amide bonds. The Morgan fingerprint density at radius 3 is 2.88 bits per heavy atom. The monoisotopic (exact) mass is 365 g/mol. The lowest BCUT2D eigenvalue weighted by molar-refractivity contribution is -0.0453. The van der Waals surface area contributed by atoms with E-state index in [1.54, 1.807) is 7.11 Å². The molecule has 0 radical (unpaired) electrons. The molecule has 2 aliphatic carbocycles. The molecule has 1 fully saturated rings. The van der Waals surface area contributed by atoms with Crippen molar-refractivity contribution in [3.8, 4) is 11.5 Å². The number of nitrogens with zero attached hydrogens (tertiary/aromatic N) is 1. The minimum Gasteiger partial charge on any atom is -0.493 e. The fourth-order valence-corrected chi connectivity index (χ4v) is 5.39. The predicted molar refractivity (Wildman–Crippen MR) is 95.1 cm³/mol. The molecule has 1 aromatic carbocycles. The Kier molecular flexibility index (Phi) is 4.19. The van der Waals surface area contributed by atoms with Crippen LogP contribution in [0, 0.1) is 5.92 Å². The van der Waals surface area contributed by atoms with Gasteiger partial charge in [0.15, 0.2) is 20.2 Å². The SMILES string of the molecule is COc1ccc2c3c1O[C@H]1[C@@H](O)C=C[C@H]4[C@@H](C2)N(C)CC[C@@]341.O=[PH2]O. The molecule has 5 rings (SSSR count). The summed E-state index contributed by atoms with van der Waals surface area (Å²) in [5.74, 6) is 2.09. The van der Waals surface area contributed by atoms with E-state index in [0.29, 0.717) is 12.0 Å². The smallest absolute Gasteiger partial charge is 0.177 e. The summed E-state index contributed by atoms with van der Waals surface area (Å²) in [7, 11) is 2.41. The number of ether oxygens (including phenoxy) is 2. The van der Waals surface area contributed by atoms with Gasteiger partial charge >= 0.3 is 0 Å². The second-order valence-electron chi connectivity index (χ2n) is 7.22. The molecule has 1 unspecified atom stereocenters. The van der Waals surface area contributed by atoms with Crippen LogP contribution in [0.4, 0.5) is 0 Å². The summed E-state index contributed by atoms with van der Waals surface area (Å²) in [6, 6.07) is 4.70. The molecule has 6 atom stereocenters. The molecule has 2 N–H and O–H groups in total. The van der Waals surface area contributed by atoms with Crippen LogP contribution in [0.25, 0.3) is 0 Å². The van der Waals surface area contributed by atoms with E-state index in [9.17, 15) is 5.11 Å². The first-order chi connectivity index (χ1) is 12.1. The Morgan fingerprint density at radius 2 is 2.16 bits per heavy atom. The van der Waals surface area contributed by atoms with Gasteiger partial charge in [-0.1, -0.05) is 18.2 Å². The maximum Gasteiger partial charge on any atom is 0.177 e. The number of likely N-dealkylation sites (N-methyl/N-ethyl adjacent to an activating group) is 1. The second-order valence-corrected chi connectivity index (χ2v) is 7.43. The van der Waals surface area contributed by atoms with Crippen LogP contribution < -0.4 is 9.47 Å². The van der Waals surface area contributed by atoms with Crippen molar-refractivity contribution in [1.82, 2.24) is 4.90 Å². The quantitative estimate of drug-likeness (QED) is 0.574. The number of likely N-dealkylation sites (tertiary alicyclic amines) is 1. The van der Waals surface area contributed by atoms with Gasteiger partial charge in [-0.15, -0.1) is 0 Å². The van der Waals surface area contributed by atoms with E-state index < -0.39 is 14.8 Å². The third-order valence-corrected chi connectivity index (χ3v) is 6.35. The number of aliphatic hydroxyl groups is 1. The van der Waals surface area contributed by atoms with Crippen LogP contribution in [0.1, 0.15) is 17.5 Å². The molecule has 6 nitrogen and oxygen atoms in total. The lowest BCUT2D eigenvalue weighted by Crippen LogP contribution is -2.64. The van der Waals surface area contributed by atoms with Crippen molar-refractivity contribution < 1.29 is 24.0 Å². The Morgan fingerprint density at radius 1 is 1.40 bits per heavy atom. The lowest BCUT2D eigenvalue weighted by atomic mass is 9.53. The van der Waals surface area contributed by atoms with Crippen LogP contribution in [-0.4, -0.2) is 53.9 Å². The average molecular weight is 365 g/mol. The normalized spacial score (nSPS) is 37.3. The van der Waals surface area contributed by atoms with Gasteiger partial charge in [0.25, 0.3) is 0 Å². The molecule has 25 heavy (non-hydrogen) atoms. The number of benzene rings is 1. The first-order valence-corrected chi connectivity index (χ1v) is 9.58. The summed E-state index contributed by atoms with van der Waals surface area (Å²) >= 11 is 0. The number of piperidine rings is 1. The molecule has 2 aliphatic heterocycles. The van der Waals surface area contributed by atoms with Gasteiger partial charge in [0.05, 0.1) is 7.11 Å². The van der Waals surface area contributed by atoms with Gasteiger partial charge in [-0.25, -0.2) is 0 Å². The second kappa shape index (κ2) is 6.13. The minimum atomic E-state index is -1.50. The van der Waals surface area contributed by atoms with Crippen molar-refractivity contribution in [1.29, 1.82) is 0 Å². The highest BCUT2D eigenvalue weighted by molar-refractivity contribution is 7.16. The van der Waals surface area contributed by atoms with Crippen LogP contribution in [0.2, 0.25) is 0 Å². The number of hydrogen-bond donors (Lipinski definition) is 2. The Labute approximate surface area is 148 Å². The molecular formula is C18H24NO5P. The van der Waals surface area contributed by atoms with Crippen molar-refractivity contribution in [3.63, 3.8) is 0 Å². The van der Waals surface area contributed by atoms with Crippen LogP contribution in [-0.2, 0) is 16.4 Å². The fraction of sp³-hybridized carbons (Fsp3) is 0.556. The highest BCUT2D eigenvalue weighted by Gasteiger charge is 2.64. The van der Waals surface area contributed by atoms with Crippen molar-refractivity contribution in [2.75, 3.05) is 20.7 Å². The summed E-state index contributed by atoms with van der Waals surface area (Å²) < 4.78 is 20.4. The molecule has 0 aromatic heterocycles. The van der Waals surface area contributed by atoms with E-state index in [-0.39, 0.29) is 11.5 Å². The van der Waals surface area contributed by atoms with Crippen molar-refractivity contribution >= 4 is 8.69 Å². The van der Waals surface area contributed by atoms with E-state index in [1.807, 2.05) is 12.1 Å². The Bertz CT molecular complexity index is 738. The first kappa shape index (κ1) is 17.1. The topological polar surface area (TPSA) is 79.2 Å². The van der Waals surface area contributed by atoms with Crippen molar-refractivity contribution in [2.24, 2.45) is 5.92 Å². The number of aliphatic hydroxyl groups excluding tert-OH is 1. The largest absolute Gasteiger partial charge is 0.493 e. The van der Waals surface area contributed by atoms with E-state index in [2.05, 4.69) is 24.1 Å². The number of hydrogen-bond acceptors (Lipinski definition) is 5. The highest BCUT2D eigenvalue weighted by Crippen LogP contribution is 2.62. The van der Waals surface area contributed by atoms with Crippen LogP contribution in [0.5, 0.6) is 11.5 Å². The van der Waals surface area contributed by atoms with Gasteiger partial charge < -0.3 is 24.4 Å². The fourth-order valence-electron chi connectivity index (χ4n) is 5.39. The molecule has 1 spiro atoms. The third-order valence-electron chi connectivity index (χ3n) is 6.35. The standard InChI is InChI=1S/C18H21NO3.H3O2P/c1-19-8-7-18-11-4-5-13(20)17(18)22-16-14(21-2)6-3-10(15(16)18)9-12(11)19;1-3-2/h3-6,11-13,17,20H,7-9H2,1-2H3;3H2,(H,1,2)/t11-,12+,13-,17-,18-;/m0./s1. The van der Waals surface area contributed by atoms with E-state index in [0.717, 1.165) is 30.9 Å². The predicted octanol–water partition coefficient (Wildman–Crippen LogP) is 1.15. The van der Waals surface area contributed by atoms with E-state index in [4.69, 9.17) is 18.9 Å². The molecule has 1 aromatic rings. The van der Waals surface area contributed by atoms with Crippen LogP contribution >= 0.6 is 8.69 Å². The number of rotatable bonds is 1. The van der Waals surface area contributed by atoms with Gasteiger partial charge in [0, 0.05) is 22.9 Å². The number of methoxy groups -OCH3 is 1. The summed E-state index contributed by atoms with van der Waals surface area (Å²) in [4.78, 5) is 9.57. The Hall–Kier alpha value is -1.33. The van der Waals surface area contributed by atoms with Gasteiger partial charge in [-0.2, -0.15) is 0 Å². The zero-order valence-electron chi connectivity index (χ0n) is 14.4. The molecule has 1 saturated heterocycles. The molecule has 7 heteroatoms. The van der Waals surface area contributed by atoms with E-state index in [1.165, 1.54) is 11.1 Å². The zero-order chi connectivity index (χ0) is 17.8. The van der Waals surface area contributed by atoms with Gasteiger partial charge in [-0.05, 0) is 38.1 Å². The maximum atomic E-state index is 10.6. The molecule has 136 valence electrons. The summed E-state index contributed by atoms with van der Waals surface area (Å²) in [6.45, 7) is 1.05. The molecule has 2 heterocycles. The van der Waals surface area contributed by atoms with Crippen LogP contribution in [0.3, 0.4) is 0 Å². The van der Waals surface area contributed by atoms with Crippen LogP contribution in [0.15, 0.2) is 24.3 Å².